The van der Waals surface area contributed by atoms with Crippen LogP contribution >= 0.6 is 0 Å². The molecule has 0 spiro atoms. The largest absolute Gasteiger partial charge is 0.497 e. The highest BCUT2D eigenvalue weighted by Gasteiger charge is 2.19. The van der Waals surface area contributed by atoms with E-state index in [0.29, 0.717) is 6.04 Å². The van der Waals surface area contributed by atoms with Crippen molar-refractivity contribution < 1.29 is 9.47 Å². The molecule has 0 aliphatic heterocycles. The third-order valence-electron chi connectivity index (χ3n) is 3.24. The van der Waals surface area contributed by atoms with Crippen molar-refractivity contribution in [3.63, 3.8) is 0 Å². The zero-order chi connectivity index (χ0) is 13.8. The summed E-state index contributed by atoms with van der Waals surface area (Å²) in [5, 5.41) is 3.47. The maximum atomic E-state index is 5.80. The molecule has 1 aromatic heterocycles. The lowest BCUT2D eigenvalue weighted by atomic mass is 10.2. The van der Waals surface area contributed by atoms with Crippen molar-refractivity contribution in [3.8, 4) is 17.2 Å². The highest BCUT2D eigenvalue weighted by molar-refractivity contribution is 5.35. The lowest BCUT2D eigenvalue weighted by molar-refractivity contribution is 0.412. The molecular weight excluding hydrogens is 252 g/mol. The van der Waals surface area contributed by atoms with Gasteiger partial charge in [0.25, 0.3) is 0 Å². The molecule has 0 amide bonds. The molecule has 0 unspecified atom stereocenters. The Bertz CT molecular complexity index is 565. The van der Waals surface area contributed by atoms with Crippen LogP contribution in [0.3, 0.4) is 0 Å². The first-order valence-corrected chi connectivity index (χ1v) is 6.83. The normalized spacial score (nSPS) is 14.1. The molecule has 1 aliphatic rings. The number of methoxy groups -OCH3 is 1. The van der Waals surface area contributed by atoms with Crippen molar-refractivity contribution in [1.82, 2.24) is 10.3 Å². The quantitative estimate of drug-likeness (QED) is 0.875. The first-order chi connectivity index (χ1) is 9.83. The molecule has 0 saturated heterocycles. The molecule has 104 valence electrons. The molecule has 1 N–H and O–H groups in total. The van der Waals surface area contributed by atoms with Gasteiger partial charge >= 0.3 is 0 Å². The average Bonchev–Trinajstić information content (AvgIpc) is 3.31. The van der Waals surface area contributed by atoms with Gasteiger partial charge in [0.2, 0.25) is 0 Å². The van der Waals surface area contributed by atoms with Crippen LogP contribution in [0.4, 0.5) is 0 Å². The smallest absolute Gasteiger partial charge is 0.146 e. The van der Waals surface area contributed by atoms with Crippen molar-refractivity contribution in [1.29, 1.82) is 0 Å². The molecule has 4 nitrogen and oxygen atoms in total. The topological polar surface area (TPSA) is 43.4 Å². The predicted octanol–water partition coefficient (Wildman–Crippen LogP) is 3.13. The molecule has 0 radical (unpaired) electrons. The van der Waals surface area contributed by atoms with Crippen molar-refractivity contribution in [2.75, 3.05) is 7.11 Å². The van der Waals surface area contributed by atoms with Crippen LogP contribution in [0.25, 0.3) is 0 Å². The fourth-order valence-corrected chi connectivity index (χ4v) is 1.95. The zero-order valence-electron chi connectivity index (χ0n) is 11.5. The van der Waals surface area contributed by atoms with E-state index in [-0.39, 0.29) is 0 Å². The van der Waals surface area contributed by atoms with Crippen LogP contribution in [0.1, 0.15) is 18.4 Å². The highest BCUT2D eigenvalue weighted by Crippen LogP contribution is 2.24. The Hall–Kier alpha value is -2.07. The summed E-state index contributed by atoms with van der Waals surface area (Å²) in [6.07, 6.45) is 6.17. The Kier molecular flexibility index (Phi) is 3.83. The summed E-state index contributed by atoms with van der Waals surface area (Å²) < 4.78 is 10.9. The number of pyridine rings is 1. The van der Waals surface area contributed by atoms with Crippen LogP contribution in [0.2, 0.25) is 0 Å². The standard InChI is InChI=1S/C16H18N2O2/c1-19-14-4-6-15(7-5-14)20-16-8-12(9-17-11-16)10-18-13-2-3-13/h4-9,11,13,18H,2-3,10H2,1H3. The van der Waals surface area contributed by atoms with Crippen LogP contribution in [-0.4, -0.2) is 18.1 Å². The molecule has 1 fully saturated rings. The van der Waals surface area contributed by atoms with E-state index in [9.17, 15) is 0 Å². The molecule has 4 heteroatoms. The molecule has 3 rings (SSSR count). The van der Waals surface area contributed by atoms with E-state index >= 15 is 0 Å². The molecule has 2 aromatic rings. The first kappa shape index (κ1) is 12.9. The van der Waals surface area contributed by atoms with Gasteiger partial charge in [-0.15, -0.1) is 0 Å². The molecule has 20 heavy (non-hydrogen) atoms. The second-order valence-corrected chi connectivity index (χ2v) is 4.96. The Balaban J connectivity index is 1.64. The van der Waals surface area contributed by atoms with Gasteiger partial charge in [0, 0.05) is 18.8 Å². The number of rotatable bonds is 6. The van der Waals surface area contributed by atoms with Crippen molar-refractivity contribution in [2.45, 2.75) is 25.4 Å². The maximum Gasteiger partial charge on any atom is 0.146 e. The summed E-state index contributed by atoms with van der Waals surface area (Å²) >= 11 is 0. The minimum atomic E-state index is 0.696. The Labute approximate surface area is 118 Å². The van der Waals surface area contributed by atoms with Gasteiger partial charge in [0.15, 0.2) is 0 Å². The van der Waals surface area contributed by atoms with Gasteiger partial charge in [0.05, 0.1) is 13.3 Å². The summed E-state index contributed by atoms with van der Waals surface area (Å²) in [6, 6.07) is 10.2. The fraction of sp³-hybridized carbons (Fsp3) is 0.312. The molecule has 1 heterocycles. The number of aromatic nitrogens is 1. The van der Waals surface area contributed by atoms with Gasteiger partial charge in [-0.25, -0.2) is 0 Å². The van der Waals surface area contributed by atoms with Gasteiger partial charge in [0.1, 0.15) is 17.2 Å². The molecule has 1 saturated carbocycles. The summed E-state index contributed by atoms with van der Waals surface area (Å²) in [7, 11) is 1.65. The van der Waals surface area contributed by atoms with E-state index in [1.54, 1.807) is 13.3 Å². The number of ether oxygens (including phenoxy) is 2. The van der Waals surface area contributed by atoms with Gasteiger partial charge < -0.3 is 14.8 Å². The van der Waals surface area contributed by atoms with Crippen LogP contribution < -0.4 is 14.8 Å². The Morgan fingerprint density at radius 2 is 1.85 bits per heavy atom. The minimum Gasteiger partial charge on any atom is -0.497 e. The lowest BCUT2D eigenvalue weighted by Crippen LogP contribution is -2.15. The summed E-state index contributed by atoms with van der Waals surface area (Å²) in [5.41, 5.74) is 1.14. The number of nitrogens with one attached hydrogen (secondary N) is 1. The Morgan fingerprint density at radius 1 is 1.10 bits per heavy atom. The number of benzene rings is 1. The van der Waals surface area contributed by atoms with E-state index in [1.807, 2.05) is 36.5 Å². The average molecular weight is 270 g/mol. The van der Waals surface area contributed by atoms with E-state index in [1.165, 1.54) is 12.8 Å². The van der Waals surface area contributed by atoms with Crippen LogP contribution in [-0.2, 0) is 6.54 Å². The fourth-order valence-electron chi connectivity index (χ4n) is 1.95. The van der Waals surface area contributed by atoms with Gasteiger partial charge in [-0.05, 0) is 48.7 Å². The molecule has 1 aromatic carbocycles. The number of hydrogen-bond acceptors (Lipinski definition) is 4. The molecular formula is C16H18N2O2. The lowest BCUT2D eigenvalue weighted by Gasteiger charge is -2.08. The van der Waals surface area contributed by atoms with Crippen LogP contribution in [0, 0.1) is 0 Å². The molecule has 0 bridgehead atoms. The van der Waals surface area contributed by atoms with Crippen LogP contribution in [0.5, 0.6) is 17.2 Å². The SMILES string of the molecule is COc1ccc(Oc2cncc(CNC3CC3)c2)cc1. The van der Waals surface area contributed by atoms with Crippen molar-refractivity contribution in [2.24, 2.45) is 0 Å². The van der Waals surface area contributed by atoms with Gasteiger partial charge in [-0.1, -0.05) is 0 Å². The van der Waals surface area contributed by atoms with Gasteiger partial charge in [-0.3, -0.25) is 4.98 Å². The molecule has 1 aliphatic carbocycles. The third kappa shape index (κ3) is 3.48. The summed E-state index contributed by atoms with van der Waals surface area (Å²) in [5.74, 6) is 2.35. The predicted molar refractivity (Wildman–Crippen MR) is 77.2 cm³/mol. The highest BCUT2D eigenvalue weighted by atomic mass is 16.5. The second-order valence-electron chi connectivity index (χ2n) is 4.96. The molecule has 0 atom stereocenters. The van der Waals surface area contributed by atoms with E-state index in [4.69, 9.17) is 9.47 Å². The maximum absolute atomic E-state index is 5.80. The second kappa shape index (κ2) is 5.92. The van der Waals surface area contributed by atoms with Gasteiger partial charge in [-0.2, -0.15) is 0 Å². The summed E-state index contributed by atoms with van der Waals surface area (Å²) in [6.45, 7) is 0.845. The monoisotopic (exact) mass is 270 g/mol. The minimum absolute atomic E-state index is 0.696. The van der Waals surface area contributed by atoms with Crippen LogP contribution in [0.15, 0.2) is 42.7 Å². The van der Waals surface area contributed by atoms with E-state index < -0.39 is 0 Å². The summed E-state index contributed by atoms with van der Waals surface area (Å²) in [4.78, 5) is 4.22. The van der Waals surface area contributed by atoms with Crippen molar-refractivity contribution >= 4 is 0 Å². The van der Waals surface area contributed by atoms with Crippen molar-refractivity contribution in [3.05, 3.63) is 48.3 Å². The first-order valence-electron chi connectivity index (χ1n) is 6.83. The van der Waals surface area contributed by atoms with E-state index in [0.717, 1.165) is 29.4 Å². The Morgan fingerprint density at radius 3 is 2.55 bits per heavy atom. The van der Waals surface area contributed by atoms with E-state index in [2.05, 4.69) is 10.3 Å². The number of nitrogens with zero attached hydrogens (tertiary/aromatic N) is 1. The third-order valence-corrected chi connectivity index (χ3v) is 3.24. The zero-order valence-corrected chi connectivity index (χ0v) is 11.5. The number of hydrogen-bond donors (Lipinski definition) is 1.